The molecule has 4 nitrogen and oxygen atoms in total. The molecule has 2 aromatic rings. The Labute approximate surface area is 143 Å². The number of benzene rings is 2. The lowest BCUT2D eigenvalue weighted by Gasteiger charge is -2.13. The molecule has 0 saturated carbocycles. The van der Waals surface area contributed by atoms with Crippen molar-refractivity contribution in [2.45, 2.75) is 31.5 Å². The summed E-state index contributed by atoms with van der Waals surface area (Å²) >= 11 is 0. The first-order valence-corrected chi connectivity index (χ1v) is 8.54. The van der Waals surface area contributed by atoms with Gasteiger partial charge in [0.05, 0.1) is 6.10 Å². The van der Waals surface area contributed by atoms with Crippen LogP contribution < -0.4 is 11.1 Å². The summed E-state index contributed by atoms with van der Waals surface area (Å²) in [6.07, 6.45) is 2.13. The number of amides is 1. The van der Waals surface area contributed by atoms with Crippen molar-refractivity contribution in [1.82, 2.24) is 5.32 Å². The van der Waals surface area contributed by atoms with Crippen molar-refractivity contribution in [2.75, 3.05) is 13.1 Å². The van der Waals surface area contributed by atoms with Crippen LogP contribution in [-0.2, 0) is 16.0 Å². The van der Waals surface area contributed by atoms with E-state index >= 15 is 0 Å². The van der Waals surface area contributed by atoms with Gasteiger partial charge in [0, 0.05) is 13.1 Å². The van der Waals surface area contributed by atoms with Gasteiger partial charge in [-0.3, -0.25) is 4.79 Å². The molecule has 2 aromatic carbocycles. The monoisotopic (exact) mass is 324 g/mol. The number of rotatable bonds is 6. The number of ether oxygens (including phenoxy) is 1. The summed E-state index contributed by atoms with van der Waals surface area (Å²) in [5.41, 5.74) is 9.19. The SMILES string of the molecule is NC[C@H]1CC[C@@H](C(=O)NCCc2cccc(-c3ccccc3)c2)O1. The van der Waals surface area contributed by atoms with Crippen molar-refractivity contribution in [2.24, 2.45) is 5.73 Å². The maximum absolute atomic E-state index is 12.1. The molecule has 1 aliphatic rings. The summed E-state index contributed by atoms with van der Waals surface area (Å²) in [4.78, 5) is 12.1. The maximum Gasteiger partial charge on any atom is 0.249 e. The summed E-state index contributed by atoms with van der Waals surface area (Å²) in [6, 6.07) is 18.7. The molecule has 0 aliphatic carbocycles. The minimum absolute atomic E-state index is 0.0230. The van der Waals surface area contributed by atoms with Gasteiger partial charge in [-0.1, -0.05) is 54.6 Å². The van der Waals surface area contributed by atoms with Crippen LogP contribution in [0.15, 0.2) is 54.6 Å². The zero-order chi connectivity index (χ0) is 16.8. The second kappa shape index (κ2) is 8.08. The van der Waals surface area contributed by atoms with Gasteiger partial charge in [0.25, 0.3) is 0 Å². The minimum Gasteiger partial charge on any atom is -0.364 e. The Hall–Kier alpha value is -2.17. The molecule has 3 rings (SSSR count). The highest BCUT2D eigenvalue weighted by molar-refractivity contribution is 5.81. The van der Waals surface area contributed by atoms with Gasteiger partial charge in [-0.15, -0.1) is 0 Å². The third-order valence-corrected chi connectivity index (χ3v) is 4.41. The fourth-order valence-electron chi connectivity index (χ4n) is 3.05. The molecular formula is C20H24N2O2. The lowest BCUT2D eigenvalue weighted by molar-refractivity contribution is -0.131. The van der Waals surface area contributed by atoms with Gasteiger partial charge in [-0.25, -0.2) is 0 Å². The smallest absolute Gasteiger partial charge is 0.249 e. The molecule has 1 aliphatic heterocycles. The summed E-state index contributed by atoms with van der Waals surface area (Å²) in [5, 5.41) is 2.97. The molecule has 0 aromatic heterocycles. The summed E-state index contributed by atoms with van der Waals surface area (Å²) in [7, 11) is 0. The molecule has 1 heterocycles. The largest absolute Gasteiger partial charge is 0.364 e. The number of carbonyl (C=O) groups excluding carboxylic acids is 1. The molecule has 1 fully saturated rings. The van der Waals surface area contributed by atoms with E-state index in [2.05, 4.69) is 41.7 Å². The molecular weight excluding hydrogens is 300 g/mol. The predicted octanol–water partition coefficient (Wildman–Crippen LogP) is 2.52. The van der Waals surface area contributed by atoms with Gasteiger partial charge < -0.3 is 15.8 Å². The summed E-state index contributed by atoms with van der Waals surface area (Å²) in [6.45, 7) is 1.10. The van der Waals surface area contributed by atoms with E-state index in [0.29, 0.717) is 13.1 Å². The molecule has 4 heteroatoms. The molecule has 0 spiro atoms. The highest BCUT2D eigenvalue weighted by Gasteiger charge is 2.29. The average Bonchev–Trinajstić information content (AvgIpc) is 3.12. The van der Waals surface area contributed by atoms with Crippen LogP contribution in [0.5, 0.6) is 0 Å². The number of hydrogen-bond donors (Lipinski definition) is 2. The van der Waals surface area contributed by atoms with Crippen molar-refractivity contribution >= 4 is 5.91 Å². The molecule has 0 unspecified atom stereocenters. The van der Waals surface area contributed by atoms with Crippen LogP contribution in [0.3, 0.4) is 0 Å². The first kappa shape index (κ1) is 16.7. The van der Waals surface area contributed by atoms with Crippen molar-refractivity contribution in [3.63, 3.8) is 0 Å². The Morgan fingerprint density at radius 1 is 1.08 bits per heavy atom. The normalized spacial score (nSPS) is 20.0. The van der Waals surface area contributed by atoms with E-state index in [4.69, 9.17) is 10.5 Å². The van der Waals surface area contributed by atoms with Crippen molar-refractivity contribution in [3.8, 4) is 11.1 Å². The molecule has 3 N–H and O–H groups in total. The molecule has 1 saturated heterocycles. The number of nitrogens with one attached hydrogen (secondary N) is 1. The fraction of sp³-hybridized carbons (Fsp3) is 0.350. The molecule has 0 bridgehead atoms. The van der Waals surface area contributed by atoms with Crippen molar-refractivity contribution in [1.29, 1.82) is 0 Å². The molecule has 126 valence electrons. The Balaban J connectivity index is 1.51. The zero-order valence-electron chi connectivity index (χ0n) is 13.8. The van der Waals surface area contributed by atoms with Crippen molar-refractivity contribution < 1.29 is 9.53 Å². The Bertz CT molecular complexity index is 672. The molecule has 2 atom stereocenters. The number of hydrogen-bond acceptors (Lipinski definition) is 3. The molecule has 0 radical (unpaired) electrons. The lowest BCUT2D eigenvalue weighted by Crippen LogP contribution is -2.36. The van der Waals surface area contributed by atoms with Crippen molar-refractivity contribution in [3.05, 3.63) is 60.2 Å². The first-order valence-electron chi connectivity index (χ1n) is 8.54. The maximum atomic E-state index is 12.1. The Morgan fingerprint density at radius 3 is 2.62 bits per heavy atom. The van der Waals surface area contributed by atoms with Gasteiger partial charge in [-0.05, 0) is 36.0 Å². The van der Waals surface area contributed by atoms with Gasteiger partial charge in [0.2, 0.25) is 5.91 Å². The fourth-order valence-corrected chi connectivity index (χ4v) is 3.05. The van der Waals surface area contributed by atoms with Crippen LogP contribution in [0.2, 0.25) is 0 Å². The van der Waals surface area contributed by atoms with E-state index in [1.807, 2.05) is 18.2 Å². The summed E-state index contributed by atoms with van der Waals surface area (Å²) in [5.74, 6) is -0.0230. The second-order valence-corrected chi connectivity index (χ2v) is 6.17. The minimum atomic E-state index is -0.339. The van der Waals surface area contributed by atoms with Crippen LogP contribution >= 0.6 is 0 Å². The van der Waals surface area contributed by atoms with E-state index < -0.39 is 0 Å². The number of nitrogens with two attached hydrogens (primary N) is 1. The van der Waals surface area contributed by atoms with Crippen LogP contribution in [0.1, 0.15) is 18.4 Å². The average molecular weight is 324 g/mol. The highest BCUT2D eigenvalue weighted by atomic mass is 16.5. The van der Waals surface area contributed by atoms with E-state index in [-0.39, 0.29) is 18.1 Å². The van der Waals surface area contributed by atoms with Crippen LogP contribution in [0.4, 0.5) is 0 Å². The van der Waals surface area contributed by atoms with E-state index in [1.165, 1.54) is 16.7 Å². The predicted molar refractivity (Wildman–Crippen MR) is 95.5 cm³/mol. The topological polar surface area (TPSA) is 64.4 Å². The Morgan fingerprint density at radius 2 is 1.88 bits per heavy atom. The zero-order valence-corrected chi connectivity index (χ0v) is 13.8. The number of carbonyl (C=O) groups is 1. The first-order chi connectivity index (χ1) is 11.8. The lowest BCUT2D eigenvalue weighted by atomic mass is 10.0. The van der Waals surface area contributed by atoms with Crippen LogP contribution in [0, 0.1) is 0 Å². The quantitative estimate of drug-likeness (QED) is 0.858. The van der Waals surface area contributed by atoms with Crippen LogP contribution in [-0.4, -0.2) is 31.2 Å². The van der Waals surface area contributed by atoms with Gasteiger partial charge in [0.15, 0.2) is 0 Å². The Kier molecular flexibility index (Phi) is 5.62. The standard InChI is InChI=1S/C20H24N2O2/c21-14-18-9-10-19(24-18)20(23)22-12-11-15-5-4-8-17(13-15)16-6-2-1-3-7-16/h1-8,13,18-19H,9-12,14,21H2,(H,22,23)/t18-,19+/m1/s1. The third kappa shape index (κ3) is 4.22. The van der Waals surface area contributed by atoms with E-state index in [1.54, 1.807) is 0 Å². The highest BCUT2D eigenvalue weighted by Crippen LogP contribution is 2.20. The molecule has 1 amide bonds. The molecule has 24 heavy (non-hydrogen) atoms. The van der Waals surface area contributed by atoms with Gasteiger partial charge in [0.1, 0.15) is 6.10 Å². The second-order valence-electron chi connectivity index (χ2n) is 6.17. The van der Waals surface area contributed by atoms with E-state index in [0.717, 1.165) is 19.3 Å². The third-order valence-electron chi connectivity index (χ3n) is 4.41. The van der Waals surface area contributed by atoms with E-state index in [9.17, 15) is 4.79 Å². The summed E-state index contributed by atoms with van der Waals surface area (Å²) < 4.78 is 5.62. The van der Waals surface area contributed by atoms with Gasteiger partial charge in [-0.2, -0.15) is 0 Å². The van der Waals surface area contributed by atoms with Gasteiger partial charge >= 0.3 is 0 Å². The van der Waals surface area contributed by atoms with Crippen LogP contribution in [0.25, 0.3) is 11.1 Å².